The molecule has 2 aromatic carbocycles. The minimum atomic E-state index is -0.639. The fourth-order valence-corrected chi connectivity index (χ4v) is 2.88. The zero-order valence-electron chi connectivity index (χ0n) is 15.6. The first-order chi connectivity index (χ1) is 14.1. The highest BCUT2D eigenvalue weighted by atomic mass is 16.5. The zero-order valence-corrected chi connectivity index (χ0v) is 15.6. The van der Waals surface area contributed by atoms with Gasteiger partial charge in [-0.15, -0.1) is 0 Å². The standard InChI is InChI=1S/C22H16O7/c1-25-16-8-5-13(10-19(16)26-2)11-20-21(23)15-7-6-14(12-18(15)29-20)28-22(24)17-4-3-9-27-17/h3-12H,1-2H3. The number of Topliss-reactive ketones (excluding diaryl/α,β-unsaturated/α-hetero) is 1. The predicted molar refractivity (Wildman–Crippen MR) is 103 cm³/mol. The summed E-state index contributed by atoms with van der Waals surface area (Å²) in [4.78, 5) is 24.6. The van der Waals surface area contributed by atoms with Crippen LogP contribution in [0.15, 0.2) is 65.0 Å². The summed E-state index contributed by atoms with van der Waals surface area (Å²) in [5.74, 6) is 1.01. The molecule has 1 aliphatic heterocycles. The summed E-state index contributed by atoms with van der Waals surface area (Å²) in [7, 11) is 3.08. The Morgan fingerprint density at radius 2 is 1.83 bits per heavy atom. The van der Waals surface area contributed by atoms with E-state index in [2.05, 4.69) is 0 Å². The number of ether oxygens (including phenoxy) is 4. The smallest absolute Gasteiger partial charge is 0.379 e. The van der Waals surface area contributed by atoms with Crippen molar-refractivity contribution in [3.63, 3.8) is 0 Å². The number of benzene rings is 2. The van der Waals surface area contributed by atoms with Gasteiger partial charge in [-0.05, 0) is 48.0 Å². The Balaban J connectivity index is 1.57. The number of fused-ring (bicyclic) bond motifs is 1. The van der Waals surface area contributed by atoms with Crippen LogP contribution in [0.2, 0.25) is 0 Å². The second-order valence-electron chi connectivity index (χ2n) is 6.08. The van der Waals surface area contributed by atoms with Crippen molar-refractivity contribution in [1.29, 1.82) is 0 Å². The van der Waals surface area contributed by atoms with Crippen LogP contribution in [0.3, 0.4) is 0 Å². The van der Waals surface area contributed by atoms with E-state index >= 15 is 0 Å². The van der Waals surface area contributed by atoms with E-state index in [4.69, 9.17) is 23.4 Å². The Kier molecular flexibility index (Phi) is 4.78. The SMILES string of the molecule is COc1ccc(C=C2Oc3cc(OC(=O)c4ccco4)ccc3C2=O)cc1OC. The third-order valence-electron chi connectivity index (χ3n) is 4.28. The molecule has 0 unspecified atom stereocenters. The van der Waals surface area contributed by atoms with Gasteiger partial charge in [0.2, 0.25) is 11.5 Å². The van der Waals surface area contributed by atoms with Gasteiger partial charge >= 0.3 is 5.97 Å². The fourth-order valence-electron chi connectivity index (χ4n) is 2.88. The Morgan fingerprint density at radius 1 is 1.00 bits per heavy atom. The van der Waals surface area contributed by atoms with E-state index in [0.29, 0.717) is 28.4 Å². The average molecular weight is 392 g/mol. The molecule has 1 aromatic heterocycles. The highest BCUT2D eigenvalue weighted by Crippen LogP contribution is 2.36. The first kappa shape index (κ1) is 18.4. The summed E-state index contributed by atoms with van der Waals surface area (Å²) >= 11 is 0. The fraction of sp³-hybridized carbons (Fsp3) is 0.0909. The Hall–Kier alpha value is -4.00. The van der Waals surface area contributed by atoms with Crippen molar-refractivity contribution in [3.8, 4) is 23.0 Å². The molecule has 4 rings (SSSR count). The molecular weight excluding hydrogens is 376 g/mol. The molecule has 0 fully saturated rings. The summed E-state index contributed by atoms with van der Waals surface area (Å²) in [5.41, 5.74) is 1.10. The van der Waals surface area contributed by atoms with Gasteiger partial charge in [0.25, 0.3) is 0 Å². The third kappa shape index (κ3) is 3.58. The molecule has 7 heteroatoms. The van der Waals surface area contributed by atoms with Crippen LogP contribution < -0.4 is 18.9 Å². The summed E-state index contributed by atoms with van der Waals surface area (Å²) in [6.07, 6.45) is 2.99. The van der Waals surface area contributed by atoms with Crippen molar-refractivity contribution >= 4 is 17.8 Å². The van der Waals surface area contributed by atoms with Gasteiger partial charge < -0.3 is 23.4 Å². The lowest BCUT2D eigenvalue weighted by molar-refractivity contribution is 0.0701. The molecule has 146 valence electrons. The summed E-state index contributed by atoms with van der Waals surface area (Å²) in [6, 6.07) is 12.9. The van der Waals surface area contributed by atoms with Crippen molar-refractivity contribution in [2.45, 2.75) is 0 Å². The van der Waals surface area contributed by atoms with E-state index in [9.17, 15) is 9.59 Å². The number of carbonyl (C=O) groups is 2. The van der Waals surface area contributed by atoms with Gasteiger partial charge in [0.05, 0.1) is 26.0 Å². The van der Waals surface area contributed by atoms with Gasteiger partial charge in [-0.3, -0.25) is 4.79 Å². The maximum Gasteiger partial charge on any atom is 0.379 e. The van der Waals surface area contributed by atoms with Crippen molar-refractivity contribution < 1.29 is 33.0 Å². The van der Waals surface area contributed by atoms with Crippen LogP contribution in [-0.4, -0.2) is 26.0 Å². The highest BCUT2D eigenvalue weighted by Gasteiger charge is 2.28. The van der Waals surface area contributed by atoms with E-state index in [1.807, 2.05) is 0 Å². The van der Waals surface area contributed by atoms with Gasteiger partial charge in [0.15, 0.2) is 17.3 Å². The molecule has 0 spiro atoms. The lowest BCUT2D eigenvalue weighted by Crippen LogP contribution is -2.07. The van der Waals surface area contributed by atoms with Crippen molar-refractivity contribution in [2.75, 3.05) is 14.2 Å². The van der Waals surface area contributed by atoms with Gasteiger partial charge in [0.1, 0.15) is 11.5 Å². The lowest BCUT2D eigenvalue weighted by atomic mass is 10.1. The lowest BCUT2D eigenvalue weighted by Gasteiger charge is -2.08. The van der Waals surface area contributed by atoms with Crippen LogP contribution in [0.1, 0.15) is 26.5 Å². The van der Waals surface area contributed by atoms with E-state index in [1.54, 1.807) is 43.5 Å². The Bertz CT molecular complexity index is 1110. The van der Waals surface area contributed by atoms with Crippen LogP contribution >= 0.6 is 0 Å². The van der Waals surface area contributed by atoms with Crippen molar-refractivity contribution in [2.24, 2.45) is 0 Å². The predicted octanol–water partition coefficient (Wildman–Crippen LogP) is 4.13. The minimum absolute atomic E-state index is 0.0801. The van der Waals surface area contributed by atoms with Crippen LogP contribution in [0, 0.1) is 0 Å². The molecule has 0 saturated carbocycles. The first-order valence-electron chi connectivity index (χ1n) is 8.65. The molecule has 0 amide bonds. The topological polar surface area (TPSA) is 84.2 Å². The Morgan fingerprint density at radius 3 is 2.55 bits per heavy atom. The number of rotatable bonds is 5. The van der Waals surface area contributed by atoms with Gasteiger partial charge in [-0.1, -0.05) is 6.07 Å². The van der Waals surface area contributed by atoms with Crippen LogP contribution in [0.25, 0.3) is 6.08 Å². The normalized spacial score (nSPS) is 13.7. The molecular formula is C22H16O7. The largest absolute Gasteiger partial charge is 0.493 e. The van der Waals surface area contributed by atoms with E-state index in [-0.39, 0.29) is 23.1 Å². The monoisotopic (exact) mass is 392 g/mol. The van der Waals surface area contributed by atoms with E-state index < -0.39 is 5.97 Å². The van der Waals surface area contributed by atoms with Crippen LogP contribution in [0.5, 0.6) is 23.0 Å². The van der Waals surface area contributed by atoms with E-state index in [0.717, 1.165) is 0 Å². The molecule has 7 nitrogen and oxygen atoms in total. The molecule has 0 atom stereocenters. The minimum Gasteiger partial charge on any atom is -0.493 e. The molecule has 0 aliphatic carbocycles. The summed E-state index contributed by atoms with van der Waals surface area (Å²) in [6.45, 7) is 0. The number of hydrogen-bond acceptors (Lipinski definition) is 7. The van der Waals surface area contributed by atoms with E-state index in [1.165, 1.54) is 31.6 Å². The number of ketones is 1. The number of allylic oxidation sites excluding steroid dienone is 1. The first-order valence-corrected chi connectivity index (χ1v) is 8.65. The van der Waals surface area contributed by atoms with Gasteiger partial charge in [-0.25, -0.2) is 4.79 Å². The van der Waals surface area contributed by atoms with Crippen LogP contribution in [-0.2, 0) is 0 Å². The molecule has 2 heterocycles. The molecule has 29 heavy (non-hydrogen) atoms. The highest BCUT2D eigenvalue weighted by molar-refractivity contribution is 6.14. The maximum atomic E-state index is 12.6. The maximum absolute atomic E-state index is 12.6. The number of hydrogen-bond donors (Lipinski definition) is 0. The second kappa shape index (κ2) is 7.55. The second-order valence-corrected chi connectivity index (χ2v) is 6.08. The molecule has 0 radical (unpaired) electrons. The van der Waals surface area contributed by atoms with Crippen molar-refractivity contribution in [1.82, 2.24) is 0 Å². The average Bonchev–Trinajstić information content (AvgIpc) is 3.37. The number of furan rings is 1. The van der Waals surface area contributed by atoms with Gasteiger partial charge in [0, 0.05) is 6.07 Å². The van der Waals surface area contributed by atoms with Crippen molar-refractivity contribution in [3.05, 3.63) is 77.4 Å². The molecule has 0 N–H and O–H groups in total. The van der Waals surface area contributed by atoms with Gasteiger partial charge in [-0.2, -0.15) is 0 Å². The molecule has 0 saturated heterocycles. The summed E-state index contributed by atoms with van der Waals surface area (Å²) < 4.78 is 26.4. The molecule has 1 aliphatic rings. The van der Waals surface area contributed by atoms with Crippen LogP contribution in [0.4, 0.5) is 0 Å². The molecule has 0 bridgehead atoms. The third-order valence-corrected chi connectivity index (χ3v) is 4.28. The Labute approximate surface area is 166 Å². The number of carbonyl (C=O) groups excluding carboxylic acids is 2. The summed E-state index contributed by atoms with van der Waals surface area (Å²) in [5, 5.41) is 0. The molecule has 3 aromatic rings. The number of esters is 1. The zero-order chi connectivity index (χ0) is 20.4. The number of methoxy groups -OCH3 is 2. The quantitative estimate of drug-likeness (QED) is 0.367.